The number of rotatable bonds is 7. The predicted molar refractivity (Wildman–Crippen MR) is 75.8 cm³/mol. The second-order valence-electron chi connectivity index (χ2n) is 4.73. The van der Waals surface area contributed by atoms with Gasteiger partial charge in [0.15, 0.2) is 23.9 Å². The molecule has 1 heterocycles. The first-order valence-electron chi connectivity index (χ1n) is 6.98. The Hall–Kier alpha value is -2.48. The van der Waals surface area contributed by atoms with Crippen LogP contribution in [0.5, 0.6) is 5.75 Å². The van der Waals surface area contributed by atoms with Crippen LogP contribution in [-0.2, 0) is 6.61 Å². The van der Waals surface area contributed by atoms with E-state index in [1.54, 1.807) is 0 Å². The summed E-state index contributed by atoms with van der Waals surface area (Å²) < 4.78 is 36.6. The third-order valence-corrected chi connectivity index (χ3v) is 3.10. The minimum Gasteiger partial charge on any atom is -0.481 e. The highest BCUT2D eigenvalue weighted by molar-refractivity contribution is 5.92. The Labute approximate surface area is 131 Å². The van der Waals surface area contributed by atoms with Crippen LogP contribution in [0.4, 0.5) is 8.78 Å². The van der Waals surface area contributed by atoms with Crippen molar-refractivity contribution >= 4 is 5.91 Å². The van der Waals surface area contributed by atoms with Gasteiger partial charge in [-0.1, -0.05) is 13.0 Å². The number of nitrogens with zero attached hydrogens (tertiary/aromatic N) is 1. The topological polar surface area (TPSA) is 84.6 Å². The van der Waals surface area contributed by atoms with Crippen LogP contribution in [0, 0.1) is 11.6 Å². The van der Waals surface area contributed by atoms with Gasteiger partial charge in [0.25, 0.3) is 5.91 Å². The van der Waals surface area contributed by atoms with Crippen molar-refractivity contribution < 1.29 is 27.8 Å². The summed E-state index contributed by atoms with van der Waals surface area (Å²) in [5.74, 6) is -2.87. The molecule has 2 N–H and O–H groups in total. The maximum atomic E-state index is 13.4. The molecule has 1 aromatic heterocycles. The number of ether oxygens (including phenoxy) is 1. The summed E-state index contributed by atoms with van der Waals surface area (Å²) in [7, 11) is 0. The molecule has 0 aliphatic rings. The molecule has 0 saturated carbocycles. The average Bonchev–Trinajstić information content (AvgIpc) is 3.03. The second-order valence-corrected chi connectivity index (χ2v) is 4.73. The smallest absolute Gasteiger partial charge is 0.273 e. The van der Waals surface area contributed by atoms with Gasteiger partial charge in [-0.25, -0.2) is 9.37 Å². The number of oxazole rings is 1. The zero-order chi connectivity index (χ0) is 16.8. The molecule has 0 unspecified atom stereocenters. The summed E-state index contributed by atoms with van der Waals surface area (Å²) in [5.41, 5.74) is 0.00946. The van der Waals surface area contributed by atoms with E-state index in [1.165, 1.54) is 12.1 Å². The molecule has 23 heavy (non-hydrogen) atoms. The van der Waals surface area contributed by atoms with E-state index in [-0.39, 0.29) is 36.6 Å². The van der Waals surface area contributed by atoms with Crippen LogP contribution in [0.2, 0.25) is 0 Å². The Morgan fingerprint density at radius 3 is 2.96 bits per heavy atom. The van der Waals surface area contributed by atoms with Crippen molar-refractivity contribution in [3.8, 4) is 5.75 Å². The average molecular weight is 326 g/mol. The number of aliphatic hydroxyl groups is 1. The van der Waals surface area contributed by atoms with Crippen LogP contribution >= 0.6 is 0 Å². The van der Waals surface area contributed by atoms with Crippen molar-refractivity contribution in [1.29, 1.82) is 0 Å². The molecular formula is C15H16F2N2O4. The summed E-state index contributed by atoms with van der Waals surface area (Å²) in [6, 6.07) is 3.17. The third kappa shape index (κ3) is 4.26. The number of hydrogen-bond acceptors (Lipinski definition) is 5. The number of carbonyl (C=O) groups excluding carboxylic acids is 1. The molecule has 0 bridgehead atoms. The minimum atomic E-state index is -1.11. The van der Waals surface area contributed by atoms with E-state index < -0.39 is 17.5 Å². The van der Waals surface area contributed by atoms with Crippen molar-refractivity contribution in [1.82, 2.24) is 10.3 Å². The van der Waals surface area contributed by atoms with E-state index in [1.807, 2.05) is 6.92 Å². The Bertz CT molecular complexity index is 671. The van der Waals surface area contributed by atoms with Gasteiger partial charge in [0.1, 0.15) is 6.26 Å². The van der Waals surface area contributed by atoms with Gasteiger partial charge in [-0.3, -0.25) is 4.79 Å². The lowest BCUT2D eigenvalue weighted by atomic mass is 10.2. The summed E-state index contributed by atoms with van der Waals surface area (Å²) in [6.45, 7) is 1.37. The predicted octanol–water partition coefficient (Wildman–Crippen LogP) is 2.03. The zero-order valence-electron chi connectivity index (χ0n) is 12.4. The number of carbonyl (C=O) groups is 1. The molecule has 0 aliphatic carbocycles. The fraction of sp³-hybridized carbons (Fsp3) is 0.333. The third-order valence-electron chi connectivity index (χ3n) is 3.10. The van der Waals surface area contributed by atoms with Gasteiger partial charge in [-0.15, -0.1) is 0 Å². The van der Waals surface area contributed by atoms with Crippen molar-refractivity contribution in [3.63, 3.8) is 0 Å². The van der Waals surface area contributed by atoms with Gasteiger partial charge in [-0.2, -0.15) is 4.39 Å². The lowest BCUT2D eigenvalue weighted by Gasteiger charge is -2.12. The van der Waals surface area contributed by atoms with E-state index in [9.17, 15) is 13.6 Å². The Morgan fingerprint density at radius 1 is 1.48 bits per heavy atom. The first kappa shape index (κ1) is 16.9. The van der Waals surface area contributed by atoms with Crippen LogP contribution in [0.1, 0.15) is 29.7 Å². The van der Waals surface area contributed by atoms with E-state index in [0.717, 1.165) is 12.3 Å². The first-order valence-corrected chi connectivity index (χ1v) is 6.98. The molecule has 1 atom stereocenters. The number of hydrogen-bond donors (Lipinski definition) is 2. The lowest BCUT2D eigenvalue weighted by Crippen LogP contribution is -2.37. The molecule has 1 amide bonds. The monoisotopic (exact) mass is 326 g/mol. The van der Waals surface area contributed by atoms with Crippen LogP contribution < -0.4 is 10.1 Å². The Morgan fingerprint density at radius 2 is 2.26 bits per heavy atom. The summed E-state index contributed by atoms with van der Waals surface area (Å²) in [4.78, 5) is 15.8. The molecule has 1 aromatic carbocycles. The maximum absolute atomic E-state index is 13.4. The number of amides is 1. The highest BCUT2D eigenvalue weighted by Gasteiger charge is 2.16. The number of benzene rings is 1. The maximum Gasteiger partial charge on any atom is 0.273 e. The van der Waals surface area contributed by atoms with Crippen LogP contribution in [0.15, 0.2) is 28.9 Å². The molecule has 8 heteroatoms. The van der Waals surface area contributed by atoms with Gasteiger partial charge in [0.2, 0.25) is 11.7 Å². The standard InChI is InChI=1S/C15H16F2N2O4/c1-2-9(6-20)18-15(21)11-7-23-13(19-11)8-22-12-5-3-4-10(16)14(12)17/h3-5,7,9,20H,2,6,8H2,1H3,(H,18,21)/t9-/m1/s1. The second kappa shape index (κ2) is 7.68. The number of halogens is 2. The molecule has 6 nitrogen and oxygen atoms in total. The van der Waals surface area contributed by atoms with Crippen molar-refractivity contribution in [2.45, 2.75) is 26.0 Å². The fourth-order valence-corrected chi connectivity index (χ4v) is 1.75. The molecule has 0 fully saturated rings. The van der Waals surface area contributed by atoms with Gasteiger partial charge in [0.05, 0.1) is 12.6 Å². The van der Waals surface area contributed by atoms with Gasteiger partial charge >= 0.3 is 0 Å². The molecular weight excluding hydrogens is 310 g/mol. The molecule has 124 valence electrons. The molecule has 0 radical (unpaired) electrons. The van der Waals surface area contributed by atoms with E-state index >= 15 is 0 Å². The summed E-state index contributed by atoms with van der Waals surface area (Å²) >= 11 is 0. The molecule has 2 aromatic rings. The molecule has 0 aliphatic heterocycles. The Balaban J connectivity index is 1.97. The SMILES string of the molecule is CC[C@H](CO)NC(=O)c1coc(COc2cccc(F)c2F)n1. The number of nitrogens with one attached hydrogen (secondary N) is 1. The summed E-state index contributed by atoms with van der Waals surface area (Å²) in [5, 5.41) is 11.6. The number of aliphatic hydroxyl groups excluding tert-OH is 1. The molecule has 0 saturated heterocycles. The highest BCUT2D eigenvalue weighted by Crippen LogP contribution is 2.20. The molecule has 2 rings (SSSR count). The molecule has 0 spiro atoms. The quantitative estimate of drug-likeness (QED) is 0.813. The summed E-state index contributed by atoms with van der Waals surface area (Å²) in [6.07, 6.45) is 1.69. The highest BCUT2D eigenvalue weighted by atomic mass is 19.2. The largest absolute Gasteiger partial charge is 0.481 e. The van der Waals surface area contributed by atoms with E-state index in [4.69, 9.17) is 14.3 Å². The lowest BCUT2D eigenvalue weighted by molar-refractivity contribution is 0.0909. The normalized spacial score (nSPS) is 12.0. The van der Waals surface area contributed by atoms with Crippen molar-refractivity contribution in [2.75, 3.05) is 6.61 Å². The van der Waals surface area contributed by atoms with E-state index in [0.29, 0.717) is 6.42 Å². The van der Waals surface area contributed by atoms with Crippen LogP contribution in [-0.4, -0.2) is 28.6 Å². The number of aromatic nitrogens is 1. The first-order chi connectivity index (χ1) is 11.0. The van der Waals surface area contributed by atoms with Gasteiger partial charge in [-0.05, 0) is 18.6 Å². The minimum absolute atomic E-state index is 0.00946. The van der Waals surface area contributed by atoms with E-state index in [2.05, 4.69) is 10.3 Å². The van der Waals surface area contributed by atoms with Crippen LogP contribution in [0.3, 0.4) is 0 Å². The Kier molecular flexibility index (Phi) is 5.64. The van der Waals surface area contributed by atoms with Crippen LogP contribution in [0.25, 0.3) is 0 Å². The van der Waals surface area contributed by atoms with Crippen molar-refractivity contribution in [3.05, 3.63) is 47.7 Å². The van der Waals surface area contributed by atoms with Gasteiger partial charge in [0, 0.05) is 0 Å². The zero-order valence-corrected chi connectivity index (χ0v) is 12.4. The van der Waals surface area contributed by atoms with Gasteiger partial charge < -0.3 is 19.6 Å². The van der Waals surface area contributed by atoms with Crippen molar-refractivity contribution in [2.24, 2.45) is 0 Å². The fourth-order valence-electron chi connectivity index (χ4n) is 1.75.